The maximum absolute atomic E-state index is 13.2. The molecule has 0 spiro atoms. The second-order valence-corrected chi connectivity index (χ2v) is 4.30. The van der Waals surface area contributed by atoms with Gasteiger partial charge in [0, 0.05) is 18.8 Å². The normalized spacial score (nSPS) is 12.6. The van der Waals surface area contributed by atoms with Gasteiger partial charge in [0.15, 0.2) is 0 Å². The van der Waals surface area contributed by atoms with Crippen molar-refractivity contribution in [3.63, 3.8) is 0 Å². The lowest BCUT2D eigenvalue weighted by atomic mass is 10.0. The van der Waals surface area contributed by atoms with Crippen LogP contribution in [-0.4, -0.2) is 16.8 Å². The van der Waals surface area contributed by atoms with Crippen LogP contribution in [0.25, 0.3) is 0 Å². The zero-order valence-corrected chi connectivity index (χ0v) is 10.7. The summed E-state index contributed by atoms with van der Waals surface area (Å²) in [6.45, 7) is 2.92. The first-order valence-electron chi connectivity index (χ1n) is 6.17. The Balaban J connectivity index is 2.14. The molecule has 0 saturated carbocycles. The lowest BCUT2D eigenvalue weighted by Crippen LogP contribution is -2.18. The Kier molecular flexibility index (Phi) is 4.10. The smallest absolute Gasteiger partial charge is 0.123 e. The van der Waals surface area contributed by atoms with E-state index in [1.165, 1.54) is 6.07 Å². The highest BCUT2D eigenvalue weighted by Gasteiger charge is 2.11. The fourth-order valence-corrected chi connectivity index (χ4v) is 2.03. The zero-order valence-electron chi connectivity index (χ0n) is 10.7. The molecule has 0 aliphatic heterocycles. The Bertz CT molecular complexity index is 507. The van der Waals surface area contributed by atoms with E-state index < -0.39 is 0 Å². The molecule has 0 saturated heterocycles. The molecule has 1 aromatic carbocycles. The summed E-state index contributed by atoms with van der Waals surface area (Å²) in [7, 11) is 1.89. The van der Waals surface area contributed by atoms with Crippen LogP contribution >= 0.6 is 0 Å². The van der Waals surface area contributed by atoms with Crippen LogP contribution in [0.2, 0.25) is 0 Å². The lowest BCUT2D eigenvalue weighted by molar-refractivity contribution is 0.576. The Morgan fingerprint density at radius 3 is 2.89 bits per heavy atom. The summed E-state index contributed by atoms with van der Waals surface area (Å²) in [5.74, 6) is -0.197. The topological polar surface area (TPSA) is 29.9 Å². The SMILES string of the molecule is CCn1cc(CC(NC)c2cccc(F)c2)cn1. The van der Waals surface area contributed by atoms with E-state index in [1.807, 2.05) is 30.2 Å². The van der Waals surface area contributed by atoms with Crippen LogP contribution in [0, 0.1) is 5.82 Å². The molecule has 2 aromatic rings. The predicted molar refractivity (Wildman–Crippen MR) is 69.8 cm³/mol. The van der Waals surface area contributed by atoms with E-state index in [0.29, 0.717) is 0 Å². The molecule has 96 valence electrons. The van der Waals surface area contributed by atoms with Crippen molar-refractivity contribution >= 4 is 0 Å². The molecule has 0 fully saturated rings. The summed E-state index contributed by atoms with van der Waals surface area (Å²) < 4.78 is 15.1. The summed E-state index contributed by atoms with van der Waals surface area (Å²) in [6, 6.07) is 6.82. The molecule has 0 radical (unpaired) electrons. The number of aromatic nitrogens is 2. The maximum Gasteiger partial charge on any atom is 0.123 e. The molecule has 0 aliphatic rings. The van der Waals surface area contributed by atoms with E-state index in [2.05, 4.69) is 17.3 Å². The molecule has 1 atom stereocenters. The van der Waals surface area contributed by atoms with E-state index in [9.17, 15) is 4.39 Å². The minimum Gasteiger partial charge on any atom is -0.313 e. The fraction of sp³-hybridized carbons (Fsp3) is 0.357. The Morgan fingerprint density at radius 1 is 1.44 bits per heavy atom. The highest BCUT2D eigenvalue weighted by Crippen LogP contribution is 2.18. The highest BCUT2D eigenvalue weighted by atomic mass is 19.1. The van der Waals surface area contributed by atoms with Gasteiger partial charge in [0.05, 0.1) is 6.20 Å². The average Bonchev–Trinajstić information content (AvgIpc) is 2.83. The van der Waals surface area contributed by atoms with E-state index in [4.69, 9.17) is 0 Å². The third kappa shape index (κ3) is 2.96. The van der Waals surface area contributed by atoms with Crippen LogP contribution in [-0.2, 0) is 13.0 Å². The molecule has 1 heterocycles. The molecule has 0 amide bonds. The van der Waals surface area contributed by atoms with Crippen LogP contribution in [0.3, 0.4) is 0 Å². The molecule has 1 unspecified atom stereocenters. The van der Waals surface area contributed by atoms with E-state index in [1.54, 1.807) is 12.1 Å². The number of benzene rings is 1. The minimum atomic E-state index is -0.197. The van der Waals surface area contributed by atoms with Crippen LogP contribution in [0.1, 0.15) is 24.1 Å². The van der Waals surface area contributed by atoms with Gasteiger partial charge in [0.2, 0.25) is 0 Å². The van der Waals surface area contributed by atoms with Crippen molar-refractivity contribution in [1.82, 2.24) is 15.1 Å². The number of hydrogen-bond acceptors (Lipinski definition) is 2. The van der Waals surface area contributed by atoms with Gasteiger partial charge in [-0.15, -0.1) is 0 Å². The number of likely N-dealkylation sites (N-methyl/N-ethyl adjacent to an activating group) is 1. The van der Waals surface area contributed by atoms with Crippen molar-refractivity contribution in [2.24, 2.45) is 0 Å². The van der Waals surface area contributed by atoms with Crippen molar-refractivity contribution < 1.29 is 4.39 Å². The van der Waals surface area contributed by atoms with E-state index >= 15 is 0 Å². The van der Waals surface area contributed by atoms with Gasteiger partial charge in [-0.1, -0.05) is 12.1 Å². The third-order valence-corrected chi connectivity index (χ3v) is 3.05. The standard InChI is InChI=1S/C14H18FN3/c1-3-18-10-11(9-17-18)7-14(16-2)12-5-4-6-13(15)8-12/h4-6,8-10,14,16H,3,7H2,1-2H3. The molecule has 0 bridgehead atoms. The first-order chi connectivity index (χ1) is 8.72. The van der Waals surface area contributed by atoms with Crippen molar-refractivity contribution in [3.8, 4) is 0 Å². The minimum absolute atomic E-state index is 0.107. The molecular formula is C14H18FN3. The number of hydrogen-bond donors (Lipinski definition) is 1. The van der Waals surface area contributed by atoms with Gasteiger partial charge < -0.3 is 5.32 Å². The van der Waals surface area contributed by atoms with Gasteiger partial charge in [0.1, 0.15) is 5.82 Å². The van der Waals surface area contributed by atoms with Gasteiger partial charge in [-0.2, -0.15) is 5.10 Å². The Morgan fingerprint density at radius 2 is 2.28 bits per heavy atom. The summed E-state index contributed by atoms with van der Waals surface area (Å²) in [4.78, 5) is 0. The monoisotopic (exact) mass is 247 g/mol. The van der Waals surface area contributed by atoms with Crippen LogP contribution < -0.4 is 5.32 Å². The average molecular weight is 247 g/mol. The highest BCUT2D eigenvalue weighted by molar-refractivity contribution is 5.22. The molecule has 4 heteroatoms. The van der Waals surface area contributed by atoms with Gasteiger partial charge in [-0.3, -0.25) is 4.68 Å². The van der Waals surface area contributed by atoms with Gasteiger partial charge in [0.25, 0.3) is 0 Å². The summed E-state index contributed by atoms with van der Waals surface area (Å²) in [5.41, 5.74) is 2.11. The van der Waals surface area contributed by atoms with Gasteiger partial charge in [-0.05, 0) is 43.7 Å². The lowest BCUT2D eigenvalue weighted by Gasteiger charge is -2.15. The molecule has 2 rings (SSSR count). The number of halogens is 1. The van der Waals surface area contributed by atoms with Gasteiger partial charge >= 0.3 is 0 Å². The number of aryl methyl sites for hydroxylation is 1. The zero-order chi connectivity index (χ0) is 13.0. The maximum atomic E-state index is 13.2. The summed E-state index contributed by atoms with van der Waals surface area (Å²) >= 11 is 0. The first kappa shape index (κ1) is 12.8. The van der Waals surface area contributed by atoms with Crippen molar-refractivity contribution in [2.75, 3.05) is 7.05 Å². The Hall–Kier alpha value is -1.68. The largest absolute Gasteiger partial charge is 0.313 e. The second-order valence-electron chi connectivity index (χ2n) is 4.30. The fourth-order valence-electron chi connectivity index (χ4n) is 2.03. The number of nitrogens with one attached hydrogen (secondary N) is 1. The summed E-state index contributed by atoms with van der Waals surface area (Å²) in [5, 5.41) is 7.47. The van der Waals surface area contributed by atoms with E-state index in [0.717, 1.165) is 24.1 Å². The molecule has 1 N–H and O–H groups in total. The van der Waals surface area contributed by atoms with Crippen molar-refractivity contribution in [3.05, 3.63) is 53.6 Å². The Labute approximate surface area is 107 Å². The third-order valence-electron chi connectivity index (χ3n) is 3.05. The second kappa shape index (κ2) is 5.78. The molecule has 18 heavy (non-hydrogen) atoms. The molecule has 1 aromatic heterocycles. The van der Waals surface area contributed by atoms with Crippen molar-refractivity contribution in [1.29, 1.82) is 0 Å². The van der Waals surface area contributed by atoms with Crippen molar-refractivity contribution in [2.45, 2.75) is 25.9 Å². The first-order valence-corrected chi connectivity index (χ1v) is 6.17. The number of nitrogens with zero attached hydrogens (tertiary/aromatic N) is 2. The number of rotatable bonds is 5. The summed E-state index contributed by atoms with van der Waals surface area (Å²) in [6.07, 6.45) is 4.71. The van der Waals surface area contributed by atoms with Gasteiger partial charge in [-0.25, -0.2) is 4.39 Å². The quantitative estimate of drug-likeness (QED) is 0.880. The van der Waals surface area contributed by atoms with Crippen LogP contribution in [0.15, 0.2) is 36.7 Å². The molecule has 0 aliphatic carbocycles. The van der Waals surface area contributed by atoms with Crippen LogP contribution in [0.4, 0.5) is 4.39 Å². The molecule has 3 nitrogen and oxygen atoms in total. The molecular weight excluding hydrogens is 229 g/mol. The van der Waals surface area contributed by atoms with Crippen LogP contribution in [0.5, 0.6) is 0 Å². The predicted octanol–water partition coefficient (Wildman–Crippen LogP) is 2.55. The van der Waals surface area contributed by atoms with E-state index in [-0.39, 0.29) is 11.9 Å².